The number of benzene rings is 2. The summed E-state index contributed by atoms with van der Waals surface area (Å²) in [6, 6.07) is 14.8. The molecule has 0 unspecified atom stereocenters. The van der Waals surface area contributed by atoms with E-state index in [1.807, 2.05) is 18.2 Å². The monoisotopic (exact) mass is 523 g/mol. The molecule has 1 aliphatic heterocycles. The molecule has 192 valence electrons. The van der Waals surface area contributed by atoms with E-state index in [1.54, 1.807) is 23.1 Å². The van der Waals surface area contributed by atoms with Crippen LogP contribution in [-0.2, 0) is 4.79 Å². The zero-order chi connectivity index (χ0) is 26.4. The van der Waals surface area contributed by atoms with Crippen molar-refractivity contribution in [2.24, 2.45) is 0 Å². The molecule has 2 aromatic carbocycles. The molecule has 0 aliphatic carbocycles. The normalized spacial score (nSPS) is 13.2. The molecule has 0 bridgehead atoms. The average molecular weight is 524 g/mol. The highest BCUT2D eigenvalue weighted by Crippen LogP contribution is 2.25. The third-order valence-corrected chi connectivity index (χ3v) is 6.07. The van der Waals surface area contributed by atoms with Crippen molar-refractivity contribution < 1.29 is 14.5 Å². The topological polar surface area (TPSA) is 134 Å². The molecule has 1 saturated heterocycles. The Morgan fingerprint density at radius 2 is 1.76 bits per heavy atom. The van der Waals surface area contributed by atoms with Crippen LogP contribution in [-0.4, -0.2) is 70.9 Å². The molecule has 0 atom stereocenters. The SMILES string of the molecule is CC(=O)NCCNc1cc(N2CCN(C(=O)c3cccc([N+](=O)[O-])c3)CC2)nc(-c2ccc(Cl)cc2)n1. The lowest BCUT2D eigenvalue weighted by Crippen LogP contribution is -2.49. The largest absolute Gasteiger partial charge is 0.368 e. The van der Waals surface area contributed by atoms with Crippen LogP contribution in [0, 0.1) is 10.1 Å². The highest BCUT2D eigenvalue weighted by atomic mass is 35.5. The second kappa shape index (κ2) is 11.7. The van der Waals surface area contributed by atoms with Gasteiger partial charge in [0.15, 0.2) is 5.82 Å². The molecule has 2 N–H and O–H groups in total. The number of piperazine rings is 1. The van der Waals surface area contributed by atoms with E-state index in [4.69, 9.17) is 16.6 Å². The summed E-state index contributed by atoms with van der Waals surface area (Å²) in [6.07, 6.45) is 0. The summed E-state index contributed by atoms with van der Waals surface area (Å²) in [5.74, 6) is 1.48. The fraction of sp³-hybridized carbons (Fsp3) is 0.280. The van der Waals surface area contributed by atoms with E-state index < -0.39 is 4.92 Å². The van der Waals surface area contributed by atoms with Gasteiger partial charge in [-0.1, -0.05) is 17.7 Å². The second-order valence-electron chi connectivity index (χ2n) is 8.44. The van der Waals surface area contributed by atoms with Crippen molar-refractivity contribution in [3.05, 3.63) is 75.3 Å². The van der Waals surface area contributed by atoms with Crippen molar-refractivity contribution in [1.29, 1.82) is 0 Å². The van der Waals surface area contributed by atoms with E-state index in [2.05, 4.69) is 20.5 Å². The van der Waals surface area contributed by atoms with Crippen molar-refractivity contribution in [2.75, 3.05) is 49.5 Å². The third-order valence-electron chi connectivity index (χ3n) is 5.81. The highest BCUT2D eigenvalue weighted by Gasteiger charge is 2.24. The molecule has 1 aliphatic rings. The summed E-state index contributed by atoms with van der Waals surface area (Å²) >= 11 is 6.04. The van der Waals surface area contributed by atoms with Crippen molar-refractivity contribution in [3.8, 4) is 11.4 Å². The van der Waals surface area contributed by atoms with Crippen molar-refractivity contribution in [3.63, 3.8) is 0 Å². The first-order valence-corrected chi connectivity index (χ1v) is 12.1. The minimum absolute atomic E-state index is 0.107. The molecule has 1 fully saturated rings. The number of nitrogens with zero attached hydrogens (tertiary/aromatic N) is 5. The summed E-state index contributed by atoms with van der Waals surface area (Å²) in [4.78, 5) is 47.8. The first kappa shape index (κ1) is 25.8. The number of rotatable bonds is 8. The zero-order valence-corrected chi connectivity index (χ0v) is 20.9. The van der Waals surface area contributed by atoms with Gasteiger partial charge in [0.1, 0.15) is 11.6 Å². The van der Waals surface area contributed by atoms with E-state index in [9.17, 15) is 19.7 Å². The van der Waals surface area contributed by atoms with Gasteiger partial charge < -0.3 is 20.4 Å². The first-order valence-electron chi connectivity index (χ1n) is 11.7. The maximum atomic E-state index is 12.9. The average Bonchev–Trinajstić information content (AvgIpc) is 2.91. The molecular formula is C25H26ClN7O4. The molecule has 0 radical (unpaired) electrons. The van der Waals surface area contributed by atoms with Crippen LogP contribution in [0.25, 0.3) is 11.4 Å². The van der Waals surface area contributed by atoms with Crippen LogP contribution in [0.5, 0.6) is 0 Å². The number of carbonyl (C=O) groups is 2. The van der Waals surface area contributed by atoms with Crippen LogP contribution < -0.4 is 15.5 Å². The molecule has 3 aromatic rings. The van der Waals surface area contributed by atoms with Gasteiger partial charge in [0.05, 0.1) is 4.92 Å². The minimum Gasteiger partial charge on any atom is -0.368 e. The lowest BCUT2D eigenvalue weighted by molar-refractivity contribution is -0.384. The molecule has 0 saturated carbocycles. The smallest absolute Gasteiger partial charge is 0.270 e. The molecule has 1 aromatic heterocycles. The number of carbonyl (C=O) groups excluding carboxylic acids is 2. The lowest BCUT2D eigenvalue weighted by atomic mass is 10.1. The second-order valence-corrected chi connectivity index (χ2v) is 8.87. The van der Waals surface area contributed by atoms with Crippen LogP contribution in [0.1, 0.15) is 17.3 Å². The Morgan fingerprint density at radius 1 is 1.03 bits per heavy atom. The maximum absolute atomic E-state index is 12.9. The number of nitrogens with one attached hydrogen (secondary N) is 2. The van der Waals surface area contributed by atoms with Gasteiger partial charge in [-0.25, -0.2) is 9.97 Å². The van der Waals surface area contributed by atoms with Gasteiger partial charge in [0.25, 0.3) is 11.6 Å². The Morgan fingerprint density at radius 3 is 2.43 bits per heavy atom. The van der Waals surface area contributed by atoms with Gasteiger partial charge >= 0.3 is 0 Å². The summed E-state index contributed by atoms with van der Waals surface area (Å²) in [6.45, 7) is 4.34. The molecule has 12 heteroatoms. The molecule has 2 amide bonds. The van der Waals surface area contributed by atoms with E-state index >= 15 is 0 Å². The Labute approximate surface area is 218 Å². The predicted octanol–water partition coefficient (Wildman–Crippen LogP) is 3.22. The number of nitro benzene ring substituents is 1. The molecule has 37 heavy (non-hydrogen) atoms. The minimum atomic E-state index is -0.510. The maximum Gasteiger partial charge on any atom is 0.270 e. The Kier molecular flexibility index (Phi) is 8.14. The van der Waals surface area contributed by atoms with Gasteiger partial charge in [-0.3, -0.25) is 19.7 Å². The molecule has 2 heterocycles. The van der Waals surface area contributed by atoms with E-state index in [0.29, 0.717) is 67.3 Å². The lowest BCUT2D eigenvalue weighted by Gasteiger charge is -2.35. The fourth-order valence-electron chi connectivity index (χ4n) is 3.92. The summed E-state index contributed by atoms with van der Waals surface area (Å²) < 4.78 is 0. The van der Waals surface area contributed by atoms with E-state index in [-0.39, 0.29) is 17.5 Å². The number of hydrogen-bond donors (Lipinski definition) is 2. The van der Waals surface area contributed by atoms with E-state index in [1.165, 1.54) is 25.1 Å². The van der Waals surface area contributed by atoms with Crippen molar-refractivity contribution >= 4 is 40.7 Å². The number of amides is 2. The summed E-state index contributed by atoms with van der Waals surface area (Å²) in [5.41, 5.74) is 0.981. The van der Waals surface area contributed by atoms with Gasteiger partial charge in [0.2, 0.25) is 5.91 Å². The quantitative estimate of drug-likeness (QED) is 0.261. The number of non-ortho nitro benzene ring substituents is 1. The van der Waals surface area contributed by atoms with E-state index in [0.717, 1.165) is 5.56 Å². The highest BCUT2D eigenvalue weighted by molar-refractivity contribution is 6.30. The standard InChI is InChI=1S/C25H26ClN7O4/c1-17(34)27-9-10-28-22-16-23(30-24(29-22)18-5-7-20(26)8-6-18)31-11-13-32(14-12-31)25(35)19-3-2-4-21(15-19)33(36)37/h2-8,15-16H,9-14H2,1H3,(H,27,34)(H,28,29,30). The summed E-state index contributed by atoms with van der Waals surface area (Å²) in [5, 5.41) is 17.6. The number of anilines is 2. The molecule has 11 nitrogen and oxygen atoms in total. The Bertz CT molecular complexity index is 1290. The van der Waals surface area contributed by atoms with Crippen LogP contribution in [0.15, 0.2) is 54.6 Å². The Hall–Kier alpha value is -4.25. The van der Waals surface area contributed by atoms with Gasteiger partial charge in [-0.05, 0) is 30.3 Å². The van der Waals surface area contributed by atoms with Gasteiger partial charge in [-0.2, -0.15) is 0 Å². The molecule has 4 rings (SSSR count). The zero-order valence-electron chi connectivity index (χ0n) is 20.2. The summed E-state index contributed by atoms with van der Waals surface area (Å²) in [7, 11) is 0. The number of halogens is 1. The van der Waals surface area contributed by atoms with Crippen molar-refractivity contribution in [2.45, 2.75) is 6.92 Å². The third kappa shape index (κ3) is 6.70. The molecule has 0 spiro atoms. The Balaban J connectivity index is 1.49. The van der Waals surface area contributed by atoms with Gasteiger partial charge in [0, 0.05) is 80.5 Å². The van der Waals surface area contributed by atoms with Crippen LogP contribution in [0.3, 0.4) is 0 Å². The van der Waals surface area contributed by atoms with Gasteiger partial charge in [-0.15, -0.1) is 0 Å². The van der Waals surface area contributed by atoms with Crippen LogP contribution in [0.4, 0.5) is 17.3 Å². The van der Waals surface area contributed by atoms with Crippen LogP contribution >= 0.6 is 11.6 Å². The fourth-order valence-corrected chi connectivity index (χ4v) is 4.04. The number of nitro groups is 1. The van der Waals surface area contributed by atoms with Crippen LogP contribution in [0.2, 0.25) is 5.02 Å². The first-order chi connectivity index (χ1) is 17.8. The molecular weight excluding hydrogens is 498 g/mol. The predicted molar refractivity (Wildman–Crippen MR) is 141 cm³/mol. The van der Waals surface area contributed by atoms with Crippen molar-refractivity contribution in [1.82, 2.24) is 20.2 Å². The number of hydrogen-bond acceptors (Lipinski definition) is 8. The number of aromatic nitrogens is 2.